The largest absolute Gasteiger partial charge is 0.494 e. The average molecular weight is 475 g/mol. The highest BCUT2D eigenvalue weighted by atomic mass is 16.6. The molecule has 3 amide bonds. The molecule has 1 unspecified atom stereocenters. The maximum absolute atomic E-state index is 12.9. The number of para-hydroxylation sites is 1. The number of ether oxygens (including phenoxy) is 3. The summed E-state index contributed by atoms with van der Waals surface area (Å²) in [6, 6.07) is 6.16. The minimum absolute atomic E-state index is 0.323. The lowest BCUT2D eigenvalue weighted by Crippen LogP contribution is -2.53. The third-order valence-corrected chi connectivity index (χ3v) is 5.49. The van der Waals surface area contributed by atoms with Crippen LogP contribution in [-0.4, -0.2) is 79.9 Å². The fourth-order valence-electron chi connectivity index (χ4n) is 3.97. The fourth-order valence-corrected chi connectivity index (χ4v) is 3.97. The number of carbonyl (C=O) groups excluding carboxylic acids is 3. The van der Waals surface area contributed by atoms with Crippen molar-refractivity contribution in [2.45, 2.75) is 39.3 Å². The van der Waals surface area contributed by atoms with Gasteiger partial charge in [-0.25, -0.2) is 14.4 Å². The number of carbonyl (C=O) groups is 3. The van der Waals surface area contributed by atoms with E-state index in [-0.39, 0.29) is 6.09 Å². The molecular weight excluding hydrogens is 440 g/mol. The van der Waals surface area contributed by atoms with Gasteiger partial charge in [-0.15, -0.1) is 0 Å². The van der Waals surface area contributed by atoms with Crippen molar-refractivity contribution in [2.75, 3.05) is 46.4 Å². The zero-order valence-electron chi connectivity index (χ0n) is 20.5. The fraction of sp³-hybridized carbons (Fsp3) is 0.542. The summed E-state index contributed by atoms with van der Waals surface area (Å²) < 4.78 is 16.3. The number of piperazine rings is 1. The highest BCUT2D eigenvalue weighted by Gasteiger charge is 2.36. The second-order valence-electron chi connectivity index (χ2n) is 9.13. The summed E-state index contributed by atoms with van der Waals surface area (Å²) in [5, 5.41) is 5.62. The van der Waals surface area contributed by atoms with Gasteiger partial charge in [0.2, 0.25) is 0 Å². The van der Waals surface area contributed by atoms with Gasteiger partial charge in [-0.2, -0.15) is 0 Å². The summed E-state index contributed by atoms with van der Waals surface area (Å²) in [6.07, 6.45) is -0.343. The SMILES string of the molecule is CCOc1ccccc1C1NC(=O)NC(CN2CCN(C(=O)OC(C)(C)C)CC2)=C1C(=O)OC. The third-order valence-electron chi connectivity index (χ3n) is 5.49. The Bertz CT molecular complexity index is 947. The van der Waals surface area contributed by atoms with Crippen LogP contribution >= 0.6 is 0 Å². The summed E-state index contributed by atoms with van der Waals surface area (Å²) in [4.78, 5) is 41.5. The van der Waals surface area contributed by atoms with Crippen LogP contribution in [0, 0.1) is 0 Å². The molecule has 2 aliphatic rings. The van der Waals surface area contributed by atoms with Crippen LogP contribution in [0.1, 0.15) is 39.3 Å². The Morgan fingerprint density at radius 2 is 1.79 bits per heavy atom. The minimum atomic E-state index is -0.720. The standard InChI is InChI=1S/C24H34N4O6/c1-6-33-18-10-8-7-9-16(18)20-19(21(29)32-5)17(25-22(30)26-20)15-27-11-13-28(14-12-27)23(31)34-24(2,3)4/h7-10,20H,6,11-15H2,1-5H3,(H2,25,26,30). The lowest BCUT2D eigenvalue weighted by atomic mass is 9.94. The number of amides is 3. The Hall–Kier alpha value is -3.27. The number of rotatable bonds is 6. The highest BCUT2D eigenvalue weighted by molar-refractivity contribution is 5.95. The topological polar surface area (TPSA) is 109 Å². The number of urea groups is 1. The van der Waals surface area contributed by atoms with Crippen LogP contribution in [-0.2, 0) is 14.3 Å². The average Bonchev–Trinajstić information content (AvgIpc) is 2.78. The van der Waals surface area contributed by atoms with Crippen molar-refractivity contribution in [3.05, 3.63) is 41.1 Å². The number of esters is 1. The monoisotopic (exact) mass is 474 g/mol. The lowest BCUT2D eigenvalue weighted by Gasteiger charge is -2.37. The van der Waals surface area contributed by atoms with Crippen LogP contribution in [0.2, 0.25) is 0 Å². The van der Waals surface area contributed by atoms with Gasteiger partial charge in [0.05, 0.1) is 25.3 Å². The summed E-state index contributed by atoms with van der Waals surface area (Å²) in [6.45, 7) is 10.3. The molecule has 0 aromatic heterocycles. The van der Waals surface area contributed by atoms with Crippen molar-refractivity contribution in [1.82, 2.24) is 20.4 Å². The molecule has 2 N–H and O–H groups in total. The molecule has 2 aliphatic heterocycles. The molecule has 2 heterocycles. The molecule has 1 atom stereocenters. The number of nitrogens with zero attached hydrogens (tertiary/aromatic N) is 2. The predicted octanol–water partition coefficient (Wildman–Crippen LogP) is 2.42. The summed E-state index contributed by atoms with van der Waals surface area (Å²) in [7, 11) is 1.31. The molecule has 0 bridgehead atoms. The Balaban J connectivity index is 1.82. The third kappa shape index (κ3) is 6.19. The molecule has 34 heavy (non-hydrogen) atoms. The van der Waals surface area contributed by atoms with E-state index in [4.69, 9.17) is 14.2 Å². The van der Waals surface area contributed by atoms with Gasteiger partial charge in [0.1, 0.15) is 11.4 Å². The molecule has 1 aromatic carbocycles. The molecule has 3 rings (SSSR count). The first-order valence-electron chi connectivity index (χ1n) is 11.4. The van der Waals surface area contributed by atoms with Crippen molar-refractivity contribution in [3.8, 4) is 5.75 Å². The number of hydrogen-bond acceptors (Lipinski definition) is 7. The quantitative estimate of drug-likeness (QED) is 0.610. The molecular formula is C24H34N4O6. The van der Waals surface area contributed by atoms with E-state index in [0.717, 1.165) is 0 Å². The molecule has 1 fully saturated rings. The Labute approximate surface area is 200 Å². The maximum Gasteiger partial charge on any atom is 0.410 e. The molecule has 0 spiro atoms. The Kier molecular flexibility index (Phi) is 8.03. The Morgan fingerprint density at radius 3 is 2.41 bits per heavy atom. The van der Waals surface area contributed by atoms with E-state index in [9.17, 15) is 14.4 Å². The van der Waals surface area contributed by atoms with Crippen LogP contribution in [0.4, 0.5) is 9.59 Å². The lowest BCUT2D eigenvalue weighted by molar-refractivity contribution is -0.136. The van der Waals surface area contributed by atoms with Crippen LogP contribution < -0.4 is 15.4 Å². The van der Waals surface area contributed by atoms with E-state index < -0.39 is 23.6 Å². The van der Waals surface area contributed by atoms with Crippen LogP contribution in [0.15, 0.2) is 35.5 Å². The van der Waals surface area contributed by atoms with Gasteiger partial charge in [0.15, 0.2) is 0 Å². The predicted molar refractivity (Wildman–Crippen MR) is 125 cm³/mol. The smallest absolute Gasteiger partial charge is 0.410 e. The van der Waals surface area contributed by atoms with Crippen LogP contribution in [0.3, 0.4) is 0 Å². The number of benzene rings is 1. The van der Waals surface area contributed by atoms with Gasteiger partial charge in [-0.3, -0.25) is 4.90 Å². The van der Waals surface area contributed by atoms with Gasteiger partial charge >= 0.3 is 18.1 Å². The van der Waals surface area contributed by atoms with E-state index in [1.54, 1.807) is 11.0 Å². The normalized spacial score (nSPS) is 19.3. The number of methoxy groups -OCH3 is 1. The van der Waals surface area contributed by atoms with E-state index in [2.05, 4.69) is 15.5 Å². The maximum atomic E-state index is 12.9. The van der Waals surface area contributed by atoms with Crippen molar-refractivity contribution >= 4 is 18.1 Å². The molecule has 1 aromatic rings. The molecule has 0 aliphatic carbocycles. The minimum Gasteiger partial charge on any atom is -0.494 e. The van der Waals surface area contributed by atoms with E-state index in [0.29, 0.717) is 61.9 Å². The molecule has 1 saturated heterocycles. The second kappa shape index (κ2) is 10.8. The van der Waals surface area contributed by atoms with Gasteiger partial charge in [-0.05, 0) is 33.8 Å². The van der Waals surface area contributed by atoms with Gasteiger partial charge < -0.3 is 29.7 Å². The van der Waals surface area contributed by atoms with Crippen LogP contribution in [0.25, 0.3) is 0 Å². The number of hydrogen-bond donors (Lipinski definition) is 2. The van der Waals surface area contributed by atoms with Crippen molar-refractivity contribution < 1.29 is 28.6 Å². The highest BCUT2D eigenvalue weighted by Crippen LogP contribution is 2.34. The van der Waals surface area contributed by atoms with Crippen molar-refractivity contribution in [2.24, 2.45) is 0 Å². The zero-order chi connectivity index (χ0) is 24.9. The molecule has 10 heteroatoms. The van der Waals surface area contributed by atoms with Crippen molar-refractivity contribution in [3.63, 3.8) is 0 Å². The van der Waals surface area contributed by atoms with E-state index >= 15 is 0 Å². The summed E-state index contributed by atoms with van der Waals surface area (Å²) >= 11 is 0. The first-order chi connectivity index (χ1) is 16.1. The van der Waals surface area contributed by atoms with Gasteiger partial charge in [-0.1, -0.05) is 18.2 Å². The van der Waals surface area contributed by atoms with Gasteiger partial charge in [0.25, 0.3) is 0 Å². The summed E-state index contributed by atoms with van der Waals surface area (Å²) in [5.41, 5.74) is 0.911. The molecule has 186 valence electrons. The van der Waals surface area contributed by atoms with Gasteiger partial charge in [0, 0.05) is 44.0 Å². The van der Waals surface area contributed by atoms with Crippen molar-refractivity contribution in [1.29, 1.82) is 0 Å². The summed E-state index contributed by atoms with van der Waals surface area (Å²) in [5.74, 6) is 0.0510. The molecule has 10 nitrogen and oxygen atoms in total. The van der Waals surface area contributed by atoms with E-state index in [1.807, 2.05) is 45.9 Å². The zero-order valence-corrected chi connectivity index (χ0v) is 20.5. The molecule has 0 radical (unpaired) electrons. The van der Waals surface area contributed by atoms with Crippen LogP contribution in [0.5, 0.6) is 5.75 Å². The molecule has 0 saturated carbocycles. The first-order valence-corrected chi connectivity index (χ1v) is 11.4. The van der Waals surface area contributed by atoms with E-state index in [1.165, 1.54) is 7.11 Å². The Morgan fingerprint density at radius 1 is 1.12 bits per heavy atom. The number of nitrogens with one attached hydrogen (secondary N) is 2. The second-order valence-corrected chi connectivity index (χ2v) is 9.13. The first kappa shape index (κ1) is 25.4.